The Hall–Kier alpha value is -2.49. The zero-order chi connectivity index (χ0) is 16.9. The molecule has 4 nitrogen and oxygen atoms in total. The highest BCUT2D eigenvalue weighted by molar-refractivity contribution is 5.94. The van der Waals surface area contributed by atoms with Gasteiger partial charge in [-0.05, 0) is 48.6 Å². The number of ether oxygens (including phenoxy) is 2. The monoisotopic (exact) mass is 325 g/mol. The van der Waals surface area contributed by atoms with Gasteiger partial charge in [0.15, 0.2) is 11.5 Å². The van der Waals surface area contributed by atoms with Gasteiger partial charge in [0.2, 0.25) is 0 Å². The van der Waals surface area contributed by atoms with Gasteiger partial charge in [0.05, 0.1) is 14.2 Å². The highest BCUT2D eigenvalue weighted by atomic mass is 16.5. The fourth-order valence-electron chi connectivity index (χ4n) is 3.36. The van der Waals surface area contributed by atoms with Crippen LogP contribution in [0.15, 0.2) is 42.5 Å². The van der Waals surface area contributed by atoms with Gasteiger partial charge in [0.25, 0.3) is 5.91 Å². The Bertz CT molecular complexity index is 727. The zero-order valence-corrected chi connectivity index (χ0v) is 14.2. The second-order valence-electron chi connectivity index (χ2n) is 6.07. The summed E-state index contributed by atoms with van der Waals surface area (Å²) in [6.45, 7) is 0.657. The van der Waals surface area contributed by atoms with Crippen LogP contribution in [0.1, 0.15) is 40.2 Å². The molecule has 4 heteroatoms. The van der Waals surface area contributed by atoms with E-state index in [9.17, 15) is 4.79 Å². The van der Waals surface area contributed by atoms with Crippen LogP contribution in [-0.4, -0.2) is 26.7 Å². The van der Waals surface area contributed by atoms with E-state index in [0.717, 1.165) is 12.8 Å². The molecular formula is C20H23NO3. The molecule has 0 bridgehead atoms. The third kappa shape index (κ3) is 3.37. The lowest BCUT2D eigenvalue weighted by Gasteiger charge is -2.25. The van der Waals surface area contributed by atoms with Crippen molar-refractivity contribution >= 4 is 5.91 Å². The summed E-state index contributed by atoms with van der Waals surface area (Å²) in [6, 6.07) is 13.8. The molecular weight excluding hydrogens is 302 g/mol. The molecule has 0 saturated heterocycles. The maximum absolute atomic E-state index is 12.5. The molecule has 1 amide bonds. The van der Waals surface area contributed by atoms with Crippen LogP contribution in [0, 0.1) is 0 Å². The smallest absolute Gasteiger partial charge is 0.251 e. The van der Waals surface area contributed by atoms with E-state index in [1.54, 1.807) is 32.4 Å². The second-order valence-corrected chi connectivity index (χ2v) is 6.07. The van der Waals surface area contributed by atoms with Crippen LogP contribution in [-0.2, 0) is 6.42 Å². The maximum Gasteiger partial charge on any atom is 0.251 e. The largest absolute Gasteiger partial charge is 0.493 e. The zero-order valence-electron chi connectivity index (χ0n) is 14.2. The first-order valence-corrected chi connectivity index (χ1v) is 8.31. The molecule has 2 aromatic carbocycles. The van der Waals surface area contributed by atoms with Crippen LogP contribution >= 0.6 is 0 Å². The Kier molecular flexibility index (Phi) is 5.04. The average molecular weight is 325 g/mol. The van der Waals surface area contributed by atoms with Crippen LogP contribution in [0.5, 0.6) is 11.5 Å². The number of hydrogen-bond acceptors (Lipinski definition) is 3. The number of amides is 1. The molecule has 1 N–H and O–H groups in total. The van der Waals surface area contributed by atoms with Crippen molar-refractivity contribution in [1.82, 2.24) is 5.32 Å². The molecule has 0 fully saturated rings. The molecule has 2 aromatic rings. The van der Waals surface area contributed by atoms with E-state index in [1.807, 2.05) is 0 Å². The van der Waals surface area contributed by atoms with Crippen LogP contribution in [0.25, 0.3) is 0 Å². The third-order valence-electron chi connectivity index (χ3n) is 4.65. The Morgan fingerprint density at radius 1 is 1.12 bits per heavy atom. The number of methoxy groups -OCH3 is 2. The van der Waals surface area contributed by atoms with Crippen LogP contribution in [0.2, 0.25) is 0 Å². The van der Waals surface area contributed by atoms with Crippen molar-refractivity contribution in [3.63, 3.8) is 0 Å². The molecule has 0 aliphatic heterocycles. The van der Waals surface area contributed by atoms with E-state index in [1.165, 1.54) is 17.5 Å². The SMILES string of the molecule is COc1ccc(C(=O)NCC2CCCc3ccccc32)cc1OC. The number of fused-ring (bicyclic) bond motifs is 1. The highest BCUT2D eigenvalue weighted by Gasteiger charge is 2.20. The first-order chi connectivity index (χ1) is 11.7. The Morgan fingerprint density at radius 2 is 1.92 bits per heavy atom. The van der Waals surface area contributed by atoms with Gasteiger partial charge in [-0.2, -0.15) is 0 Å². The quantitative estimate of drug-likeness (QED) is 0.914. The van der Waals surface area contributed by atoms with Gasteiger partial charge < -0.3 is 14.8 Å². The molecule has 3 rings (SSSR count). The minimum atomic E-state index is -0.0843. The fraction of sp³-hybridized carbons (Fsp3) is 0.350. The van der Waals surface area contributed by atoms with Crippen molar-refractivity contribution in [3.8, 4) is 11.5 Å². The number of aryl methyl sites for hydroxylation is 1. The summed E-state index contributed by atoms with van der Waals surface area (Å²) in [5.41, 5.74) is 3.36. The fourth-order valence-corrected chi connectivity index (χ4v) is 3.36. The van der Waals surface area contributed by atoms with Crippen LogP contribution < -0.4 is 14.8 Å². The van der Waals surface area contributed by atoms with E-state index >= 15 is 0 Å². The minimum Gasteiger partial charge on any atom is -0.493 e. The van der Waals surface area contributed by atoms with Gasteiger partial charge in [-0.15, -0.1) is 0 Å². The number of carbonyl (C=O) groups is 1. The van der Waals surface area contributed by atoms with Gasteiger partial charge >= 0.3 is 0 Å². The average Bonchev–Trinajstić information content (AvgIpc) is 2.65. The van der Waals surface area contributed by atoms with E-state index in [-0.39, 0.29) is 5.91 Å². The highest BCUT2D eigenvalue weighted by Crippen LogP contribution is 2.31. The van der Waals surface area contributed by atoms with Gasteiger partial charge in [0.1, 0.15) is 0 Å². The lowest BCUT2D eigenvalue weighted by atomic mass is 9.83. The maximum atomic E-state index is 12.5. The van der Waals surface area contributed by atoms with Gasteiger partial charge in [0, 0.05) is 18.0 Å². The van der Waals surface area contributed by atoms with E-state index in [2.05, 4.69) is 29.6 Å². The van der Waals surface area contributed by atoms with Crippen molar-refractivity contribution in [1.29, 1.82) is 0 Å². The number of hydrogen-bond donors (Lipinski definition) is 1. The van der Waals surface area contributed by atoms with Crippen molar-refractivity contribution in [2.45, 2.75) is 25.2 Å². The van der Waals surface area contributed by atoms with Gasteiger partial charge in [-0.3, -0.25) is 4.79 Å². The van der Waals surface area contributed by atoms with E-state index in [4.69, 9.17) is 9.47 Å². The number of carbonyl (C=O) groups excluding carboxylic acids is 1. The predicted octanol–water partition coefficient (Wildman–Crippen LogP) is 3.55. The lowest BCUT2D eigenvalue weighted by Crippen LogP contribution is -2.30. The Balaban J connectivity index is 1.68. The van der Waals surface area contributed by atoms with Crippen LogP contribution in [0.3, 0.4) is 0 Å². The van der Waals surface area contributed by atoms with E-state index < -0.39 is 0 Å². The molecule has 126 valence electrons. The number of benzene rings is 2. The van der Waals surface area contributed by atoms with Gasteiger partial charge in [-0.25, -0.2) is 0 Å². The van der Waals surface area contributed by atoms with Crippen molar-refractivity contribution in [3.05, 3.63) is 59.2 Å². The number of nitrogens with one attached hydrogen (secondary N) is 1. The predicted molar refractivity (Wildman–Crippen MR) is 94.0 cm³/mol. The van der Waals surface area contributed by atoms with Crippen molar-refractivity contribution < 1.29 is 14.3 Å². The summed E-state index contributed by atoms with van der Waals surface area (Å²) in [6.07, 6.45) is 3.42. The first kappa shape index (κ1) is 16.4. The summed E-state index contributed by atoms with van der Waals surface area (Å²) in [4.78, 5) is 12.5. The summed E-state index contributed by atoms with van der Waals surface area (Å²) in [5.74, 6) is 1.49. The Labute approximate surface area is 142 Å². The molecule has 0 radical (unpaired) electrons. The molecule has 1 aliphatic carbocycles. The molecule has 0 saturated carbocycles. The standard InChI is InChI=1S/C20H23NO3/c1-23-18-11-10-15(12-19(18)24-2)20(22)21-13-16-8-5-7-14-6-3-4-9-17(14)16/h3-4,6,9-12,16H,5,7-8,13H2,1-2H3,(H,21,22). The third-order valence-corrected chi connectivity index (χ3v) is 4.65. The normalized spacial score (nSPS) is 16.2. The molecule has 24 heavy (non-hydrogen) atoms. The van der Waals surface area contributed by atoms with Crippen molar-refractivity contribution in [2.24, 2.45) is 0 Å². The topological polar surface area (TPSA) is 47.6 Å². The van der Waals surface area contributed by atoms with Crippen molar-refractivity contribution in [2.75, 3.05) is 20.8 Å². The van der Waals surface area contributed by atoms with Gasteiger partial charge in [-0.1, -0.05) is 24.3 Å². The summed E-state index contributed by atoms with van der Waals surface area (Å²) < 4.78 is 10.5. The van der Waals surface area contributed by atoms with E-state index in [0.29, 0.717) is 29.5 Å². The second kappa shape index (κ2) is 7.39. The van der Waals surface area contributed by atoms with Crippen LogP contribution in [0.4, 0.5) is 0 Å². The lowest BCUT2D eigenvalue weighted by molar-refractivity contribution is 0.0950. The summed E-state index contributed by atoms with van der Waals surface area (Å²) in [7, 11) is 3.15. The molecule has 1 atom stereocenters. The molecule has 0 spiro atoms. The molecule has 1 unspecified atom stereocenters. The molecule has 0 heterocycles. The minimum absolute atomic E-state index is 0.0843. The summed E-state index contributed by atoms with van der Waals surface area (Å²) >= 11 is 0. The number of rotatable bonds is 5. The first-order valence-electron chi connectivity index (χ1n) is 8.31. The Morgan fingerprint density at radius 3 is 2.71 bits per heavy atom. The molecule has 1 aliphatic rings. The molecule has 0 aromatic heterocycles. The summed E-state index contributed by atoms with van der Waals surface area (Å²) in [5, 5.41) is 3.06.